The Morgan fingerprint density at radius 1 is 1.38 bits per heavy atom. The highest BCUT2D eigenvalue weighted by Crippen LogP contribution is 2.24. The number of nitrogens with zero attached hydrogens (tertiary/aromatic N) is 4. The van der Waals surface area contributed by atoms with Gasteiger partial charge in [0.15, 0.2) is 0 Å². The van der Waals surface area contributed by atoms with Gasteiger partial charge in [0, 0.05) is 18.4 Å². The molecule has 0 spiro atoms. The molecule has 2 N–H and O–H groups in total. The van der Waals surface area contributed by atoms with Gasteiger partial charge in [-0.05, 0) is 43.1 Å². The summed E-state index contributed by atoms with van der Waals surface area (Å²) in [5.74, 6) is -0.666. The van der Waals surface area contributed by atoms with Crippen molar-refractivity contribution in [3.63, 3.8) is 0 Å². The van der Waals surface area contributed by atoms with Crippen molar-refractivity contribution >= 4 is 17.4 Å². The number of halogens is 1. The molecule has 0 radical (unpaired) electrons. The zero-order valence-electron chi connectivity index (χ0n) is 13.0. The van der Waals surface area contributed by atoms with E-state index in [4.69, 9.17) is 0 Å². The summed E-state index contributed by atoms with van der Waals surface area (Å²) >= 11 is 0. The molecular formula is C16H15FN6O. The van der Waals surface area contributed by atoms with Crippen molar-refractivity contribution in [2.75, 3.05) is 11.9 Å². The maximum absolute atomic E-state index is 14.6. The van der Waals surface area contributed by atoms with Crippen molar-refractivity contribution in [1.82, 2.24) is 24.9 Å². The van der Waals surface area contributed by atoms with Crippen molar-refractivity contribution in [2.45, 2.75) is 19.9 Å². The molecule has 4 rings (SSSR count). The minimum Gasteiger partial charge on any atom is -0.317 e. The van der Waals surface area contributed by atoms with Crippen LogP contribution < -0.4 is 10.6 Å². The first kappa shape index (κ1) is 14.7. The molecule has 1 amide bonds. The number of aromatic nitrogens is 4. The van der Waals surface area contributed by atoms with Crippen LogP contribution in [0.2, 0.25) is 0 Å². The number of anilines is 1. The highest BCUT2D eigenvalue weighted by Gasteiger charge is 2.20. The lowest BCUT2D eigenvalue weighted by Gasteiger charge is -2.19. The molecule has 0 saturated heterocycles. The molecule has 1 aromatic carbocycles. The van der Waals surface area contributed by atoms with Crippen LogP contribution in [0.4, 0.5) is 10.1 Å². The standard InChI is InChI=1S/C16H15FN6O/c1-9-4-7-19-16-21-14(22-23(9)16)15(24)20-12-3-2-10-8-18-6-5-11(10)13(12)17/h2-4,7,18H,5-6,8H2,1H3,(H,20,24). The van der Waals surface area contributed by atoms with Crippen LogP contribution in [-0.4, -0.2) is 32.0 Å². The molecule has 0 bridgehead atoms. The highest BCUT2D eigenvalue weighted by molar-refractivity contribution is 6.01. The molecular weight excluding hydrogens is 311 g/mol. The number of hydrogen-bond donors (Lipinski definition) is 2. The van der Waals surface area contributed by atoms with E-state index in [9.17, 15) is 9.18 Å². The molecule has 7 nitrogen and oxygen atoms in total. The number of carbonyl (C=O) groups is 1. The zero-order valence-corrected chi connectivity index (χ0v) is 13.0. The molecule has 0 saturated carbocycles. The summed E-state index contributed by atoms with van der Waals surface area (Å²) < 4.78 is 16.1. The third-order valence-electron chi connectivity index (χ3n) is 4.09. The summed E-state index contributed by atoms with van der Waals surface area (Å²) in [5.41, 5.74) is 2.51. The van der Waals surface area contributed by atoms with Gasteiger partial charge in [-0.15, -0.1) is 5.10 Å². The molecule has 24 heavy (non-hydrogen) atoms. The van der Waals surface area contributed by atoms with E-state index in [1.54, 1.807) is 18.3 Å². The lowest BCUT2D eigenvalue weighted by atomic mass is 9.99. The number of rotatable bonds is 2. The minimum atomic E-state index is -0.562. The third-order valence-corrected chi connectivity index (χ3v) is 4.09. The monoisotopic (exact) mass is 326 g/mol. The SMILES string of the molecule is Cc1ccnc2nc(C(=O)Nc3ccc4c(c3F)CCNC4)nn12. The molecule has 8 heteroatoms. The largest absolute Gasteiger partial charge is 0.317 e. The summed E-state index contributed by atoms with van der Waals surface area (Å²) in [6.07, 6.45) is 2.19. The molecule has 0 unspecified atom stereocenters. The number of hydrogen-bond acceptors (Lipinski definition) is 5. The molecule has 1 aliphatic heterocycles. The van der Waals surface area contributed by atoms with Crippen LogP contribution >= 0.6 is 0 Å². The van der Waals surface area contributed by atoms with Gasteiger partial charge in [0.2, 0.25) is 5.82 Å². The predicted octanol–water partition coefficient (Wildman–Crippen LogP) is 1.47. The van der Waals surface area contributed by atoms with E-state index >= 15 is 0 Å². The highest BCUT2D eigenvalue weighted by atomic mass is 19.1. The second-order valence-corrected chi connectivity index (χ2v) is 5.68. The van der Waals surface area contributed by atoms with Crippen LogP contribution in [0.25, 0.3) is 5.78 Å². The number of amides is 1. The lowest BCUT2D eigenvalue weighted by Crippen LogP contribution is -2.25. The number of aryl methyl sites for hydroxylation is 1. The average molecular weight is 326 g/mol. The van der Waals surface area contributed by atoms with Crippen LogP contribution in [-0.2, 0) is 13.0 Å². The van der Waals surface area contributed by atoms with Gasteiger partial charge in [-0.2, -0.15) is 4.98 Å². The summed E-state index contributed by atoms with van der Waals surface area (Å²) in [5, 5.41) is 9.87. The maximum atomic E-state index is 14.6. The number of nitrogens with one attached hydrogen (secondary N) is 2. The Labute approximate surface area is 136 Å². The van der Waals surface area contributed by atoms with Crippen LogP contribution in [0.5, 0.6) is 0 Å². The van der Waals surface area contributed by atoms with Gasteiger partial charge >= 0.3 is 0 Å². The first-order valence-electron chi connectivity index (χ1n) is 7.64. The van der Waals surface area contributed by atoms with Crippen LogP contribution in [0, 0.1) is 12.7 Å². The molecule has 3 heterocycles. The van der Waals surface area contributed by atoms with Crippen molar-refractivity contribution in [2.24, 2.45) is 0 Å². The van der Waals surface area contributed by atoms with Crippen molar-refractivity contribution in [3.05, 3.63) is 52.9 Å². The Balaban J connectivity index is 1.65. The van der Waals surface area contributed by atoms with Crippen molar-refractivity contribution < 1.29 is 9.18 Å². The van der Waals surface area contributed by atoms with E-state index in [1.807, 2.05) is 13.0 Å². The Kier molecular flexibility index (Phi) is 3.46. The van der Waals surface area contributed by atoms with E-state index < -0.39 is 5.91 Å². The molecule has 1 aliphatic rings. The van der Waals surface area contributed by atoms with Gasteiger partial charge in [0.1, 0.15) is 5.82 Å². The summed E-state index contributed by atoms with van der Waals surface area (Å²) in [7, 11) is 0. The first-order chi connectivity index (χ1) is 11.6. The average Bonchev–Trinajstić information content (AvgIpc) is 3.03. The van der Waals surface area contributed by atoms with Crippen LogP contribution in [0.15, 0.2) is 24.4 Å². The molecule has 0 fully saturated rings. The fourth-order valence-corrected chi connectivity index (χ4v) is 2.81. The number of benzene rings is 1. The molecule has 3 aromatic rings. The molecule has 2 aromatic heterocycles. The predicted molar refractivity (Wildman–Crippen MR) is 85.3 cm³/mol. The maximum Gasteiger partial charge on any atom is 0.295 e. The Bertz CT molecular complexity index is 951. The van der Waals surface area contributed by atoms with Gasteiger partial charge in [-0.1, -0.05) is 6.07 Å². The van der Waals surface area contributed by atoms with Gasteiger partial charge in [0.05, 0.1) is 5.69 Å². The van der Waals surface area contributed by atoms with E-state index in [0.29, 0.717) is 24.3 Å². The van der Waals surface area contributed by atoms with Gasteiger partial charge in [0.25, 0.3) is 11.7 Å². The van der Waals surface area contributed by atoms with Gasteiger partial charge in [-0.25, -0.2) is 13.9 Å². The van der Waals surface area contributed by atoms with E-state index in [1.165, 1.54) is 4.52 Å². The fraction of sp³-hybridized carbons (Fsp3) is 0.250. The van der Waals surface area contributed by atoms with E-state index in [-0.39, 0.29) is 17.3 Å². The summed E-state index contributed by atoms with van der Waals surface area (Å²) in [6, 6.07) is 5.15. The molecule has 0 aliphatic carbocycles. The normalized spacial score (nSPS) is 13.8. The Morgan fingerprint density at radius 3 is 3.08 bits per heavy atom. The zero-order chi connectivity index (χ0) is 16.7. The van der Waals surface area contributed by atoms with Crippen molar-refractivity contribution in [3.8, 4) is 0 Å². The fourth-order valence-electron chi connectivity index (χ4n) is 2.81. The summed E-state index contributed by atoms with van der Waals surface area (Å²) in [4.78, 5) is 20.5. The van der Waals surface area contributed by atoms with Crippen LogP contribution in [0.1, 0.15) is 27.4 Å². The van der Waals surface area contributed by atoms with Gasteiger partial charge < -0.3 is 10.6 Å². The van der Waals surface area contributed by atoms with E-state index in [0.717, 1.165) is 17.8 Å². The number of fused-ring (bicyclic) bond motifs is 2. The molecule has 0 atom stereocenters. The lowest BCUT2D eigenvalue weighted by molar-refractivity contribution is 0.101. The van der Waals surface area contributed by atoms with Crippen LogP contribution in [0.3, 0.4) is 0 Å². The second-order valence-electron chi connectivity index (χ2n) is 5.68. The quantitative estimate of drug-likeness (QED) is 0.745. The first-order valence-corrected chi connectivity index (χ1v) is 7.64. The number of carbonyl (C=O) groups excluding carboxylic acids is 1. The molecule has 122 valence electrons. The minimum absolute atomic E-state index is 0.0458. The van der Waals surface area contributed by atoms with Gasteiger partial charge in [-0.3, -0.25) is 4.79 Å². The smallest absolute Gasteiger partial charge is 0.295 e. The Morgan fingerprint density at radius 2 is 2.25 bits per heavy atom. The van der Waals surface area contributed by atoms with E-state index in [2.05, 4.69) is 25.7 Å². The summed E-state index contributed by atoms with van der Waals surface area (Å²) in [6.45, 7) is 3.20. The topological polar surface area (TPSA) is 84.2 Å². The second kappa shape index (κ2) is 5.64. The third kappa shape index (κ3) is 2.41. The van der Waals surface area contributed by atoms with Crippen molar-refractivity contribution in [1.29, 1.82) is 0 Å². The Hall–Kier alpha value is -2.87.